The van der Waals surface area contributed by atoms with Crippen LogP contribution in [0.5, 0.6) is 0 Å². The Labute approximate surface area is 138 Å². The van der Waals surface area contributed by atoms with Crippen LogP contribution in [0.25, 0.3) is 33.1 Å². The average molecular weight is 316 g/mol. The second-order valence-electron chi connectivity index (χ2n) is 6.57. The van der Waals surface area contributed by atoms with E-state index in [1.807, 2.05) is 43.5 Å². The summed E-state index contributed by atoms with van der Waals surface area (Å²) in [5.74, 6) is 0.610. The molecule has 0 N–H and O–H groups in total. The summed E-state index contributed by atoms with van der Waals surface area (Å²) in [5.41, 5.74) is 5.21. The maximum Gasteiger partial charge on any atom is 0.336 e. The Balaban J connectivity index is 1.92. The Hall–Kier alpha value is -2.81. The van der Waals surface area contributed by atoms with E-state index >= 15 is 0 Å². The van der Waals surface area contributed by atoms with Gasteiger partial charge in [-0.3, -0.25) is 0 Å². The second kappa shape index (κ2) is 4.84. The van der Waals surface area contributed by atoms with Crippen molar-refractivity contribution < 1.29 is 8.83 Å². The first kappa shape index (κ1) is 13.6. The van der Waals surface area contributed by atoms with Crippen molar-refractivity contribution in [1.29, 1.82) is 0 Å². The fourth-order valence-electron chi connectivity index (χ4n) is 3.56. The minimum atomic E-state index is -0.335. The average Bonchev–Trinajstić information content (AvgIpc) is 3.36. The fraction of sp³-hybridized carbons (Fsp3) is 0.190. The van der Waals surface area contributed by atoms with Crippen molar-refractivity contribution in [1.82, 2.24) is 0 Å². The van der Waals surface area contributed by atoms with Crippen molar-refractivity contribution in [2.24, 2.45) is 0 Å². The van der Waals surface area contributed by atoms with Crippen molar-refractivity contribution >= 4 is 21.9 Å². The number of hydrogen-bond acceptors (Lipinski definition) is 3. The quantitative estimate of drug-likeness (QED) is 0.465. The molecule has 2 aromatic carbocycles. The third-order valence-electron chi connectivity index (χ3n) is 4.93. The monoisotopic (exact) mass is 316 g/mol. The molecule has 5 rings (SSSR count). The zero-order valence-electron chi connectivity index (χ0n) is 13.3. The Bertz CT molecular complexity index is 1130. The van der Waals surface area contributed by atoms with Gasteiger partial charge in [0, 0.05) is 28.0 Å². The maximum atomic E-state index is 12.1. The smallest absolute Gasteiger partial charge is 0.336 e. The molecule has 0 radical (unpaired) electrons. The molecule has 0 unspecified atom stereocenters. The highest BCUT2D eigenvalue weighted by Crippen LogP contribution is 2.46. The highest BCUT2D eigenvalue weighted by Gasteiger charge is 2.28. The number of hydrogen-bond donors (Lipinski definition) is 0. The molecular formula is C21H16O3. The van der Waals surface area contributed by atoms with Gasteiger partial charge in [-0.25, -0.2) is 4.79 Å². The second-order valence-corrected chi connectivity index (χ2v) is 6.57. The molecule has 1 saturated carbocycles. The summed E-state index contributed by atoms with van der Waals surface area (Å²) in [7, 11) is 0. The fourth-order valence-corrected chi connectivity index (χ4v) is 3.56. The first-order chi connectivity index (χ1) is 11.7. The molecule has 0 spiro atoms. The molecule has 24 heavy (non-hydrogen) atoms. The van der Waals surface area contributed by atoms with E-state index in [0.29, 0.717) is 11.5 Å². The third-order valence-corrected chi connectivity index (χ3v) is 4.93. The predicted octanol–water partition coefficient (Wildman–Crippen LogP) is 5.39. The third kappa shape index (κ3) is 1.94. The largest absolute Gasteiger partial charge is 0.464 e. The number of rotatable bonds is 2. The predicted molar refractivity (Wildman–Crippen MR) is 94.4 cm³/mol. The van der Waals surface area contributed by atoms with Crippen molar-refractivity contribution in [3.63, 3.8) is 0 Å². The minimum absolute atomic E-state index is 0.335. The highest BCUT2D eigenvalue weighted by molar-refractivity contribution is 6.04. The van der Waals surface area contributed by atoms with Gasteiger partial charge in [0.15, 0.2) is 0 Å². The molecule has 2 heterocycles. The van der Waals surface area contributed by atoms with E-state index in [2.05, 4.69) is 6.07 Å². The van der Waals surface area contributed by atoms with Crippen molar-refractivity contribution in [2.45, 2.75) is 25.7 Å². The number of furan rings is 1. The molecule has 3 heteroatoms. The van der Waals surface area contributed by atoms with Crippen LogP contribution < -0.4 is 5.63 Å². The lowest BCUT2D eigenvalue weighted by molar-refractivity contribution is 0.556. The zero-order valence-corrected chi connectivity index (χ0v) is 13.3. The molecular weight excluding hydrogens is 300 g/mol. The van der Waals surface area contributed by atoms with Crippen LogP contribution in [0.2, 0.25) is 0 Å². The molecule has 0 bridgehead atoms. The Morgan fingerprint density at radius 3 is 2.54 bits per heavy atom. The molecule has 118 valence electrons. The van der Waals surface area contributed by atoms with Crippen LogP contribution >= 0.6 is 0 Å². The van der Waals surface area contributed by atoms with E-state index in [9.17, 15) is 4.79 Å². The zero-order chi connectivity index (χ0) is 16.3. The number of aryl methyl sites for hydroxylation is 1. The number of benzene rings is 2. The van der Waals surface area contributed by atoms with Crippen molar-refractivity contribution in [3.05, 3.63) is 70.3 Å². The Morgan fingerprint density at radius 1 is 1.00 bits per heavy atom. The van der Waals surface area contributed by atoms with Gasteiger partial charge in [-0.2, -0.15) is 0 Å². The lowest BCUT2D eigenvalue weighted by atomic mass is 9.97. The van der Waals surface area contributed by atoms with Gasteiger partial charge in [-0.15, -0.1) is 0 Å². The summed E-state index contributed by atoms with van der Waals surface area (Å²) in [4.78, 5) is 12.1. The minimum Gasteiger partial charge on any atom is -0.464 e. The Morgan fingerprint density at radius 2 is 1.79 bits per heavy atom. The lowest BCUT2D eigenvalue weighted by Gasteiger charge is -2.08. The molecule has 0 atom stereocenters. The van der Waals surface area contributed by atoms with Crippen LogP contribution in [-0.2, 0) is 0 Å². The molecule has 2 aromatic heterocycles. The van der Waals surface area contributed by atoms with E-state index in [-0.39, 0.29) is 5.63 Å². The van der Waals surface area contributed by atoms with Gasteiger partial charge in [0.25, 0.3) is 0 Å². The lowest BCUT2D eigenvalue weighted by Crippen LogP contribution is -1.99. The topological polar surface area (TPSA) is 43.4 Å². The maximum absolute atomic E-state index is 12.1. The van der Waals surface area contributed by atoms with E-state index in [0.717, 1.165) is 33.0 Å². The molecule has 1 aliphatic carbocycles. The summed E-state index contributed by atoms with van der Waals surface area (Å²) < 4.78 is 11.3. The van der Waals surface area contributed by atoms with Crippen LogP contribution in [0.3, 0.4) is 0 Å². The molecule has 0 aliphatic heterocycles. The highest BCUT2D eigenvalue weighted by atomic mass is 16.4. The van der Waals surface area contributed by atoms with E-state index in [1.54, 1.807) is 6.07 Å². The van der Waals surface area contributed by atoms with Crippen LogP contribution in [0.15, 0.2) is 62.4 Å². The van der Waals surface area contributed by atoms with Crippen LogP contribution in [0.1, 0.15) is 29.9 Å². The van der Waals surface area contributed by atoms with Gasteiger partial charge in [-0.05, 0) is 42.9 Å². The van der Waals surface area contributed by atoms with E-state index in [4.69, 9.17) is 8.83 Å². The summed E-state index contributed by atoms with van der Waals surface area (Å²) in [6.45, 7) is 1.96. The first-order valence-corrected chi connectivity index (χ1v) is 8.26. The molecule has 1 fully saturated rings. The SMILES string of the molecule is Cc1c2oc(=O)cc(-c3ccccc3)c2cc2c(C3CC3)coc12. The standard InChI is InChI=1S/C21H16O3/c1-12-20-17(18(11-23-20)14-7-8-14)9-16-15(10-19(22)24-21(12)16)13-5-3-2-4-6-13/h2-6,9-11,14H,7-8H2,1H3. The van der Waals surface area contributed by atoms with Gasteiger partial charge in [-0.1, -0.05) is 30.3 Å². The summed E-state index contributed by atoms with van der Waals surface area (Å²) in [6, 6.07) is 13.7. The molecule has 4 aromatic rings. The first-order valence-electron chi connectivity index (χ1n) is 8.26. The Kier molecular flexibility index (Phi) is 2.75. The van der Waals surface area contributed by atoms with Crippen molar-refractivity contribution in [3.8, 4) is 11.1 Å². The molecule has 1 aliphatic rings. The van der Waals surface area contributed by atoms with Crippen LogP contribution in [0, 0.1) is 6.92 Å². The van der Waals surface area contributed by atoms with E-state index in [1.165, 1.54) is 18.4 Å². The van der Waals surface area contributed by atoms with Gasteiger partial charge in [0.1, 0.15) is 11.2 Å². The normalized spacial score (nSPS) is 14.5. The van der Waals surface area contributed by atoms with Gasteiger partial charge in [0.2, 0.25) is 0 Å². The van der Waals surface area contributed by atoms with Crippen LogP contribution in [-0.4, -0.2) is 0 Å². The summed E-state index contributed by atoms with van der Waals surface area (Å²) in [6.07, 6.45) is 4.32. The van der Waals surface area contributed by atoms with Gasteiger partial charge < -0.3 is 8.83 Å². The van der Waals surface area contributed by atoms with Crippen molar-refractivity contribution in [2.75, 3.05) is 0 Å². The molecule has 0 saturated heterocycles. The van der Waals surface area contributed by atoms with Gasteiger partial charge in [0.05, 0.1) is 6.26 Å². The van der Waals surface area contributed by atoms with Gasteiger partial charge >= 0.3 is 5.63 Å². The van der Waals surface area contributed by atoms with Crippen LogP contribution in [0.4, 0.5) is 0 Å². The van der Waals surface area contributed by atoms with E-state index < -0.39 is 0 Å². The summed E-state index contributed by atoms with van der Waals surface area (Å²) >= 11 is 0. The molecule has 0 amide bonds. The summed E-state index contributed by atoms with van der Waals surface area (Å²) in [5, 5.41) is 2.11. The molecule has 3 nitrogen and oxygen atoms in total. The number of fused-ring (bicyclic) bond motifs is 2.